The molecule has 2 rings (SSSR count). The van der Waals surface area contributed by atoms with Crippen LogP contribution in [0.4, 0.5) is 4.79 Å². The Labute approximate surface area is 89.4 Å². The Hall–Kier alpha value is -1.51. The molecular formula is C12H15NO2. The normalized spacial score (nSPS) is 19.9. The maximum absolute atomic E-state index is 11.0. The minimum absolute atomic E-state index is 0.0121. The smallest absolute Gasteiger partial charge is 0.407 e. The number of alkyl carbamates (subject to hydrolysis) is 1. The van der Waals surface area contributed by atoms with Crippen molar-refractivity contribution in [1.82, 2.24) is 5.32 Å². The number of nitrogens with one attached hydrogen (secondary N) is 1. The molecule has 0 aromatic heterocycles. The molecule has 1 N–H and O–H groups in total. The van der Waals surface area contributed by atoms with Crippen LogP contribution >= 0.6 is 0 Å². The fourth-order valence-corrected chi connectivity index (χ4v) is 2.28. The second-order valence-corrected chi connectivity index (χ2v) is 4.11. The second kappa shape index (κ2) is 3.57. The Bertz CT molecular complexity index is 389. The van der Waals surface area contributed by atoms with Gasteiger partial charge in [-0.3, -0.25) is 0 Å². The van der Waals surface area contributed by atoms with Gasteiger partial charge in [0.25, 0.3) is 0 Å². The van der Waals surface area contributed by atoms with Crippen molar-refractivity contribution in [2.75, 3.05) is 6.61 Å². The van der Waals surface area contributed by atoms with E-state index in [0.717, 1.165) is 0 Å². The monoisotopic (exact) mass is 205 g/mol. The number of carbonyl (C=O) groups excluding carboxylic acids is 1. The van der Waals surface area contributed by atoms with Gasteiger partial charge in [0.05, 0.1) is 6.04 Å². The first-order chi connectivity index (χ1) is 7.08. The van der Waals surface area contributed by atoms with Crippen molar-refractivity contribution in [2.24, 2.45) is 0 Å². The molecule has 1 amide bonds. The van der Waals surface area contributed by atoms with Crippen LogP contribution in [0.5, 0.6) is 0 Å². The van der Waals surface area contributed by atoms with Gasteiger partial charge in [0, 0.05) is 0 Å². The van der Waals surface area contributed by atoms with Crippen molar-refractivity contribution in [3.05, 3.63) is 34.4 Å². The lowest BCUT2D eigenvalue weighted by Crippen LogP contribution is -2.20. The quantitative estimate of drug-likeness (QED) is 0.764. The van der Waals surface area contributed by atoms with Gasteiger partial charge in [-0.1, -0.05) is 17.7 Å². The Morgan fingerprint density at radius 3 is 2.33 bits per heavy atom. The van der Waals surface area contributed by atoms with Crippen molar-refractivity contribution in [3.63, 3.8) is 0 Å². The Morgan fingerprint density at radius 1 is 1.27 bits per heavy atom. The topological polar surface area (TPSA) is 38.3 Å². The molecule has 3 heteroatoms. The number of hydrogen-bond donors (Lipinski definition) is 1. The molecule has 1 atom stereocenters. The molecule has 0 aliphatic carbocycles. The number of carbonyl (C=O) groups is 1. The zero-order chi connectivity index (χ0) is 11.0. The van der Waals surface area contributed by atoms with Crippen LogP contribution in [-0.2, 0) is 4.74 Å². The molecule has 1 aromatic rings. The minimum Gasteiger partial charge on any atom is -0.447 e. The maximum atomic E-state index is 11.0. The van der Waals surface area contributed by atoms with Gasteiger partial charge >= 0.3 is 6.09 Å². The number of rotatable bonds is 1. The predicted octanol–water partition coefficient (Wildman–Crippen LogP) is 2.39. The van der Waals surface area contributed by atoms with Crippen LogP contribution in [0.2, 0.25) is 0 Å². The lowest BCUT2D eigenvalue weighted by molar-refractivity contribution is 0.177. The third-order valence-electron chi connectivity index (χ3n) is 2.76. The number of amides is 1. The van der Waals surface area contributed by atoms with Gasteiger partial charge in [0.2, 0.25) is 0 Å². The third-order valence-corrected chi connectivity index (χ3v) is 2.76. The van der Waals surface area contributed by atoms with E-state index >= 15 is 0 Å². The highest BCUT2D eigenvalue weighted by molar-refractivity contribution is 5.70. The van der Waals surface area contributed by atoms with Crippen molar-refractivity contribution >= 4 is 6.09 Å². The summed E-state index contributed by atoms with van der Waals surface area (Å²) in [5, 5.41) is 2.81. The molecule has 0 spiro atoms. The van der Waals surface area contributed by atoms with Crippen molar-refractivity contribution in [1.29, 1.82) is 0 Å². The summed E-state index contributed by atoms with van der Waals surface area (Å²) in [6.45, 7) is 6.65. The fourth-order valence-electron chi connectivity index (χ4n) is 2.28. The van der Waals surface area contributed by atoms with Gasteiger partial charge in [0.1, 0.15) is 6.61 Å². The van der Waals surface area contributed by atoms with Gasteiger partial charge in [0.15, 0.2) is 0 Å². The molecule has 0 saturated carbocycles. The van der Waals surface area contributed by atoms with E-state index in [4.69, 9.17) is 4.74 Å². The molecule has 1 aromatic carbocycles. The van der Waals surface area contributed by atoms with Crippen LogP contribution in [0.1, 0.15) is 28.3 Å². The molecular weight excluding hydrogens is 190 g/mol. The summed E-state index contributed by atoms with van der Waals surface area (Å²) < 4.78 is 4.91. The van der Waals surface area contributed by atoms with Crippen LogP contribution in [0.15, 0.2) is 12.1 Å². The highest BCUT2D eigenvalue weighted by Gasteiger charge is 2.26. The SMILES string of the molecule is Cc1cc(C)c([C@H]2COC(=O)N2)c(C)c1. The van der Waals surface area contributed by atoms with Crippen molar-refractivity contribution in [3.8, 4) is 0 Å². The average molecular weight is 205 g/mol. The molecule has 80 valence electrons. The molecule has 1 heterocycles. The third kappa shape index (κ3) is 1.82. The molecule has 1 saturated heterocycles. The summed E-state index contributed by atoms with van der Waals surface area (Å²) in [5.74, 6) is 0. The number of hydrogen-bond acceptors (Lipinski definition) is 2. The van der Waals surface area contributed by atoms with Gasteiger partial charge in [-0.05, 0) is 37.5 Å². The Kier molecular flexibility index (Phi) is 2.39. The first-order valence-corrected chi connectivity index (χ1v) is 5.09. The second-order valence-electron chi connectivity index (χ2n) is 4.11. The van der Waals surface area contributed by atoms with Crippen LogP contribution < -0.4 is 5.32 Å². The summed E-state index contributed by atoms with van der Waals surface area (Å²) in [4.78, 5) is 11.0. The summed E-state index contributed by atoms with van der Waals surface area (Å²) in [6, 6.07) is 4.28. The number of aryl methyl sites for hydroxylation is 3. The lowest BCUT2D eigenvalue weighted by atomic mass is 9.95. The number of benzene rings is 1. The summed E-state index contributed by atoms with van der Waals surface area (Å²) in [5.41, 5.74) is 4.86. The first-order valence-electron chi connectivity index (χ1n) is 5.09. The number of cyclic esters (lactones) is 1. The van der Waals surface area contributed by atoms with Gasteiger partial charge in [-0.2, -0.15) is 0 Å². The van der Waals surface area contributed by atoms with Gasteiger partial charge in [-0.25, -0.2) is 4.79 Å². The van der Waals surface area contributed by atoms with E-state index in [1.165, 1.54) is 22.3 Å². The zero-order valence-electron chi connectivity index (χ0n) is 9.26. The predicted molar refractivity (Wildman–Crippen MR) is 57.9 cm³/mol. The molecule has 0 bridgehead atoms. The van der Waals surface area contributed by atoms with Crippen molar-refractivity contribution in [2.45, 2.75) is 26.8 Å². The molecule has 0 unspecified atom stereocenters. The summed E-state index contributed by atoms with van der Waals surface area (Å²) in [6.07, 6.45) is -0.320. The van der Waals surface area contributed by atoms with E-state index in [9.17, 15) is 4.79 Å². The van der Waals surface area contributed by atoms with E-state index in [2.05, 4.69) is 38.2 Å². The fraction of sp³-hybridized carbons (Fsp3) is 0.417. The summed E-state index contributed by atoms with van der Waals surface area (Å²) in [7, 11) is 0. The molecule has 0 radical (unpaired) electrons. The lowest BCUT2D eigenvalue weighted by Gasteiger charge is -2.15. The standard InChI is InChI=1S/C12H15NO2/c1-7-4-8(2)11(9(3)5-7)10-6-15-12(14)13-10/h4-5,10H,6H2,1-3H3,(H,13,14)/t10-/m1/s1. The van der Waals surface area contributed by atoms with Crippen LogP contribution in [0.3, 0.4) is 0 Å². The molecule has 1 aliphatic rings. The molecule has 1 fully saturated rings. The molecule has 3 nitrogen and oxygen atoms in total. The average Bonchev–Trinajstić information content (AvgIpc) is 2.49. The minimum atomic E-state index is -0.320. The molecule has 15 heavy (non-hydrogen) atoms. The van der Waals surface area contributed by atoms with Gasteiger partial charge < -0.3 is 10.1 Å². The molecule has 1 aliphatic heterocycles. The van der Waals surface area contributed by atoms with Crippen molar-refractivity contribution < 1.29 is 9.53 Å². The van der Waals surface area contributed by atoms with Gasteiger partial charge in [-0.15, -0.1) is 0 Å². The Balaban J connectivity index is 2.39. The van der Waals surface area contributed by atoms with E-state index in [1.807, 2.05) is 0 Å². The zero-order valence-corrected chi connectivity index (χ0v) is 9.26. The van der Waals surface area contributed by atoms with Crippen LogP contribution in [0, 0.1) is 20.8 Å². The van der Waals surface area contributed by atoms with Crippen LogP contribution in [-0.4, -0.2) is 12.7 Å². The van der Waals surface area contributed by atoms with E-state index < -0.39 is 0 Å². The largest absolute Gasteiger partial charge is 0.447 e. The maximum Gasteiger partial charge on any atom is 0.407 e. The Morgan fingerprint density at radius 2 is 1.87 bits per heavy atom. The van der Waals surface area contributed by atoms with E-state index in [1.54, 1.807) is 0 Å². The summed E-state index contributed by atoms with van der Waals surface area (Å²) >= 11 is 0. The highest BCUT2D eigenvalue weighted by atomic mass is 16.6. The highest BCUT2D eigenvalue weighted by Crippen LogP contribution is 2.26. The van der Waals surface area contributed by atoms with E-state index in [-0.39, 0.29) is 12.1 Å². The number of ether oxygens (including phenoxy) is 1. The first kappa shape index (κ1) is 10.0. The van der Waals surface area contributed by atoms with E-state index in [0.29, 0.717) is 6.61 Å². The van der Waals surface area contributed by atoms with Crippen LogP contribution in [0.25, 0.3) is 0 Å².